The Morgan fingerprint density at radius 1 is 1.18 bits per heavy atom. The summed E-state index contributed by atoms with van der Waals surface area (Å²) in [4.78, 5) is 14.9. The number of nitrogens with zero attached hydrogens (tertiary/aromatic N) is 1. The normalized spacial score (nSPS) is 30.4. The molecule has 1 aromatic rings. The van der Waals surface area contributed by atoms with Gasteiger partial charge in [-0.25, -0.2) is 0 Å². The number of methoxy groups -OCH3 is 1. The Bertz CT molecular complexity index is 809. The number of hydrogen-bond acceptors (Lipinski definition) is 5. The van der Waals surface area contributed by atoms with Crippen molar-refractivity contribution in [3.8, 4) is 0 Å². The Hall–Kier alpha value is -1.68. The molecule has 2 aliphatic heterocycles. The summed E-state index contributed by atoms with van der Waals surface area (Å²) < 4.78 is 49.5. The summed E-state index contributed by atoms with van der Waals surface area (Å²) in [5.74, 6) is 0.0737. The van der Waals surface area contributed by atoms with Crippen molar-refractivity contribution in [3.63, 3.8) is 0 Å². The number of piperidine rings is 1. The lowest BCUT2D eigenvalue weighted by atomic mass is 9.83. The molecule has 9 heteroatoms. The molecule has 1 aromatic carbocycles. The second kappa shape index (κ2) is 9.90. The third-order valence-corrected chi connectivity index (χ3v) is 7.49. The van der Waals surface area contributed by atoms with Gasteiger partial charge in [0.15, 0.2) is 0 Å². The molecule has 1 amide bonds. The lowest BCUT2D eigenvalue weighted by Crippen LogP contribution is -2.50. The number of amides is 1. The van der Waals surface area contributed by atoms with E-state index in [2.05, 4.69) is 5.32 Å². The van der Waals surface area contributed by atoms with Gasteiger partial charge < -0.3 is 24.8 Å². The van der Waals surface area contributed by atoms with E-state index in [4.69, 9.17) is 9.47 Å². The molecular formula is C24H33F3N2O4. The molecule has 3 aliphatic rings. The van der Waals surface area contributed by atoms with Crippen molar-refractivity contribution < 1.29 is 32.5 Å². The SMILES string of the molecule is COC1COCCC1NC1CCC(C(=O)N2CCC(O)(c3ccc(C(F)(F)F)cc3)CC2)C1. The van der Waals surface area contributed by atoms with Crippen LogP contribution in [0.15, 0.2) is 24.3 Å². The number of ether oxygens (including phenoxy) is 2. The highest BCUT2D eigenvalue weighted by molar-refractivity contribution is 5.79. The highest BCUT2D eigenvalue weighted by atomic mass is 19.4. The minimum absolute atomic E-state index is 0.0264. The topological polar surface area (TPSA) is 71.0 Å². The average Bonchev–Trinajstić information content (AvgIpc) is 3.27. The number of carbonyl (C=O) groups is 1. The van der Waals surface area contributed by atoms with Crippen molar-refractivity contribution in [2.75, 3.05) is 33.4 Å². The van der Waals surface area contributed by atoms with Gasteiger partial charge >= 0.3 is 6.18 Å². The number of halogens is 3. The maximum absolute atomic E-state index is 13.1. The molecule has 2 saturated heterocycles. The highest BCUT2D eigenvalue weighted by Gasteiger charge is 2.40. The van der Waals surface area contributed by atoms with Gasteiger partial charge in [0.25, 0.3) is 0 Å². The van der Waals surface area contributed by atoms with Gasteiger partial charge in [0, 0.05) is 44.8 Å². The summed E-state index contributed by atoms with van der Waals surface area (Å²) in [5.41, 5.74) is -1.47. The smallest absolute Gasteiger partial charge is 0.385 e. The first kappa shape index (κ1) is 24.4. The first-order chi connectivity index (χ1) is 15.7. The van der Waals surface area contributed by atoms with Crippen LogP contribution in [0.2, 0.25) is 0 Å². The van der Waals surface area contributed by atoms with Crippen molar-refractivity contribution in [3.05, 3.63) is 35.4 Å². The molecule has 6 nitrogen and oxygen atoms in total. The van der Waals surface area contributed by atoms with Crippen molar-refractivity contribution in [2.45, 2.75) is 68.5 Å². The number of rotatable bonds is 5. The van der Waals surface area contributed by atoms with Gasteiger partial charge in [-0.15, -0.1) is 0 Å². The number of nitrogens with one attached hydrogen (secondary N) is 1. The number of alkyl halides is 3. The minimum atomic E-state index is -4.40. The number of likely N-dealkylation sites (tertiary alicyclic amines) is 1. The summed E-state index contributed by atoms with van der Waals surface area (Å²) >= 11 is 0. The molecule has 1 saturated carbocycles. The zero-order chi connectivity index (χ0) is 23.6. The summed E-state index contributed by atoms with van der Waals surface area (Å²) in [6, 6.07) is 5.20. The maximum Gasteiger partial charge on any atom is 0.416 e. The molecule has 0 aromatic heterocycles. The molecule has 4 atom stereocenters. The Kier molecular flexibility index (Phi) is 7.33. The first-order valence-electron chi connectivity index (χ1n) is 11.7. The van der Waals surface area contributed by atoms with Gasteiger partial charge in [0.05, 0.1) is 23.9 Å². The van der Waals surface area contributed by atoms with Gasteiger partial charge in [0.2, 0.25) is 5.91 Å². The van der Waals surface area contributed by atoms with Crippen molar-refractivity contribution >= 4 is 5.91 Å². The van der Waals surface area contributed by atoms with Crippen molar-refractivity contribution in [2.24, 2.45) is 5.92 Å². The fourth-order valence-corrected chi connectivity index (χ4v) is 5.41. The molecule has 1 aliphatic carbocycles. The number of aliphatic hydroxyl groups is 1. The van der Waals surface area contributed by atoms with Crippen LogP contribution in [0.4, 0.5) is 13.2 Å². The van der Waals surface area contributed by atoms with E-state index in [1.54, 1.807) is 12.0 Å². The van der Waals surface area contributed by atoms with Gasteiger partial charge in [-0.2, -0.15) is 13.2 Å². The van der Waals surface area contributed by atoms with Gasteiger partial charge in [-0.1, -0.05) is 12.1 Å². The summed E-state index contributed by atoms with van der Waals surface area (Å²) in [6.45, 7) is 2.09. The molecule has 4 rings (SSSR count). The fourth-order valence-electron chi connectivity index (χ4n) is 5.41. The Labute approximate surface area is 192 Å². The van der Waals surface area contributed by atoms with Crippen LogP contribution in [0, 0.1) is 5.92 Å². The van der Waals surface area contributed by atoms with Crippen LogP contribution in [-0.2, 0) is 26.0 Å². The van der Waals surface area contributed by atoms with Crippen LogP contribution in [0.3, 0.4) is 0 Å². The standard InChI is InChI=1S/C24H33F3N2O4/c1-32-21-15-33-13-8-20(21)28-19-7-2-16(14-19)22(30)29-11-9-23(31,10-12-29)17-3-5-18(6-4-17)24(25,26)27/h3-6,16,19-21,28,31H,2,7-15H2,1H3. The molecule has 0 radical (unpaired) electrons. The van der Waals surface area contributed by atoms with Crippen LogP contribution in [0.25, 0.3) is 0 Å². The van der Waals surface area contributed by atoms with Crippen LogP contribution in [0.1, 0.15) is 49.7 Å². The average molecular weight is 471 g/mol. The van der Waals surface area contributed by atoms with Crippen LogP contribution >= 0.6 is 0 Å². The van der Waals surface area contributed by atoms with E-state index in [1.807, 2.05) is 0 Å². The molecule has 4 unspecified atom stereocenters. The van der Waals surface area contributed by atoms with Gasteiger partial charge in [0.1, 0.15) is 0 Å². The van der Waals surface area contributed by atoms with E-state index < -0.39 is 17.3 Å². The lowest BCUT2D eigenvalue weighted by molar-refractivity contribution is -0.140. The van der Waals surface area contributed by atoms with E-state index in [-0.39, 0.29) is 30.0 Å². The predicted octanol–water partition coefficient (Wildman–Crippen LogP) is 3.08. The molecule has 2 N–H and O–H groups in total. The molecule has 33 heavy (non-hydrogen) atoms. The molecule has 3 fully saturated rings. The third kappa shape index (κ3) is 5.53. The Morgan fingerprint density at radius 2 is 1.88 bits per heavy atom. The molecule has 184 valence electrons. The number of carbonyl (C=O) groups excluding carboxylic acids is 1. The van der Waals surface area contributed by atoms with Gasteiger partial charge in [-0.3, -0.25) is 4.79 Å². The quantitative estimate of drug-likeness (QED) is 0.692. The van der Waals surface area contributed by atoms with Gasteiger partial charge in [-0.05, 0) is 56.2 Å². The van der Waals surface area contributed by atoms with E-state index in [9.17, 15) is 23.1 Å². The second-order valence-electron chi connectivity index (χ2n) is 9.55. The molecule has 0 spiro atoms. The maximum atomic E-state index is 13.1. The second-order valence-corrected chi connectivity index (χ2v) is 9.55. The number of hydrogen-bond donors (Lipinski definition) is 2. The molecular weight excluding hydrogens is 437 g/mol. The number of benzene rings is 1. The lowest BCUT2D eigenvalue weighted by Gasteiger charge is -2.39. The van der Waals surface area contributed by atoms with E-state index in [1.165, 1.54) is 12.1 Å². The molecule has 0 bridgehead atoms. The van der Waals surface area contributed by atoms with E-state index in [0.717, 1.165) is 37.8 Å². The fraction of sp³-hybridized carbons (Fsp3) is 0.708. The van der Waals surface area contributed by atoms with Crippen molar-refractivity contribution in [1.82, 2.24) is 10.2 Å². The van der Waals surface area contributed by atoms with Crippen molar-refractivity contribution in [1.29, 1.82) is 0 Å². The summed E-state index contributed by atoms with van der Waals surface area (Å²) in [6.07, 6.45) is -0.302. The largest absolute Gasteiger partial charge is 0.416 e. The zero-order valence-corrected chi connectivity index (χ0v) is 18.9. The van der Waals surface area contributed by atoms with Crippen LogP contribution < -0.4 is 5.32 Å². The predicted molar refractivity (Wildman–Crippen MR) is 115 cm³/mol. The van der Waals surface area contributed by atoms with E-state index >= 15 is 0 Å². The Morgan fingerprint density at radius 3 is 2.52 bits per heavy atom. The molecule has 2 heterocycles. The van der Waals surface area contributed by atoms with Crippen LogP contribution in [-0.4, -0.2) is 67.5 Å². The van der Waals surface area contributed by atoms with Crippen LogP contribution in [0.5, 0.6) is 0 Å². The Balaban J connectivity index is 1.28. The summed E-state index contributed by atoms with van der Waals surface area (Å²) in [7, 11) is 1.69. The van der Waals surface area contributed by atoms with E-state index in [0.29, 0.717) is 44.7 Å². The first-order valence-corrected chi connectivity index (χ1v) is 11.7. The monoisotopic (exact) mass is 470 g/mol. The third-order valence-electron chi connectivity index (χ3n) is 7.49. The minimum Gasteiger partial charge on any atom is -0.385 e. The summed E-state index contributed by atoms with van der Waals surface area (Å²) in [5, 5.41) is 14.7. The zero-order valence-electron chi connectivity index (χ0n) is 18.9. The highest BCUT2D eigenvalue weighted by Crippen LogP contribution is 2.37.